The van der Waals surface area contributed by atoms with Gasteiger partial charge >= 0.3 is 0 Å². The molecule has 0 bridgehead atoms. The molecule has 2 aromatic carbocycles. The van der Waals surface area contributed by atoms with Crippen molar-refractivity contribution in [3.63, 3.8) is 0 Å². The van der Waals surface area contributed by atoms with Gasteiger partial charge in [-0.15, -0.1) is 0 Å². The number of anilines is 1. The summed E-state index contributed by atoms with van der Waals surface area (Å²) in [4.78, 5) is 19.2. The smallest absolute Gasteiger partial charge is 0.253 e. The largest absolute Gasteiger partial charge is 0.373 e. The number of likely N-dealkylation sites (N-methyl/N-ethyl adjacent to an activating group) is 1. The summed E-state index contributed by atoms with van der Waals surface area (Å²) >= 11 is 0. The van der Waals surface area contributed by atoms with Gasteiger partial charge in [-0.1, -0.05) is 29.8 Å². The first kappa shape index (κ1) is 17.0. The molecule has 0 unspecified atom stereocenters. The number of aryl methyl sites for hydroxylation is 2. The molecule has 3 aromatic rings. The molecule has 3 rings (SSSR count). The second-order valence-electron chi connectivity index (χ2n) is 6.33. The Bertz CT molecular complexity index is 890. The highest BCUT2D eigenvalue weighted by Gasteiger charge is 2.12. The Morgan fingerprint density at radius 2 is 1.84 bits per heavy atom. The van der Waals surface area contributed by atoms with E-state index in [2.05, 4.69) is 33.4 Å². The van der Waals surface area contributed by atoms with Gasteiger partial charge in [0.2, 0.25) is 0 Å². The van der Waals surface area contributed by atoms with Crippen LogP contribution in [0.2, 0.25) is 0 Å². The molecule has 0 aliphatic rings. The number of hydrogen-bond donors (Lipinski definition) is 1. The summed E-state index contributed by atoms with van der Waals surface area (Å²) < 4.78 is 0. The maximum atomic E-state index is 12.5. The van der Waals surface area contributed by atoms with Crippen molar-refractivity contribution in [1.29, 1.82) is 0 Å². The number of amides is 1. The summed E-state index contributed by atoms with van der Waals surface area (Å²) in [5.74, 6) is -0.0742. The van der Waals surface area contributed by atoms with Crippen LogP contribution in [-0.4, -0.2) is 31.0 Å². The average molecular weight is 333 g/mol. The van der Waals surface area contributed by atoms with Crippen LogP contribution in [0.1, 0.15) is 21.6 Å². The first-order chi connectivity index (χ1) is 12.0. The van der Waals surface area contributed by atoms with E-state index in [1.165, 1.54) is 0 Å². The zero-order chi connectivity index (χ0) is 17.8. The van der Waals surface area contributed by atoms with E-state index in [0.29, 0.717) is 12.1 Å². The predicted octanol–water partition coefficient (Wildman–Crippen LogP) is 3.72. The summed E-state index contributed by atoms with van der Waals surface area (Å²) in [7, 11) is 2.02. The highest BCUT2D eigenvalue weighted by Crippen LogP contribution is 2.18. The number of aromatic nitrogens is 1. The fourth-order valence-corrected chi connectivity index (χ4v) is 2.87. The standard InChI is InChI=1S/C21H23N3O/c1-15-9-10-20-17(13-15)14-19(16(2)23-20)21(25)22-11-12-24(3)18-7-5-4-6-8-18/h4-10,13-14H,11-12H2,1-3H3,(H,22,25). The molecule has 0 atom stereocenters. The molecule has 0 spiro atoms. The Labute approximate surface area is 148 Å². The van der Waals surface area contributed by atoms with Crippen molar-refractivity contribution >= 4 is 22.5 Å². The van der Waals surface area contributed by atoms with Gasteiger partial charge in [-0.05, 0) is 44.2 Å². The minimum Gasteiger partial charge on any atom is -0.373 e. The topological polar surface area (TPSA) is 45.2 Å². The van der Waals surface area contributed by atoms with Crippen molar-refractivity contribution in [3.05, 3.63) is 71.4 Å². The SMILES string of the molecule is Cc1ccc2nc(C)c(C(=O)NCCN(C)c3ccccc3)cc2c1. The number of carbonyl (C=O) groups excluding carboxylic acids is 1. The lowest BCUT2D eigenvalue weighted by molar-refractivity contribution is 0.0954. The van der Waals surface area contributed by atoms with Crippen LogP contribution in [0.15, 0.2) is 54.6 Å². The molecule has 0 aliphatic heterocycles. The third-order valence-electron chi connectivity index (χ3n) is 4.34. The maximum Gasteiger partial charge on any atom is 0.253 e. The molecule has 128 valence electrons. The summed E-state index contributed by atoms with van der Waals surface area (Å²) in [5.41, 5.74) is 4.61. The van der Waals surface area contributed by atoms with Gasteiger partial charge in [-0.25, -0.2) is 0 Å². The molecule has 0 saturated carbocycles. The molecule has 1 amide bonds. The van der Waals surface area contributed by atoms with Crippen molar-refractivity contribution < 1.29 is 4.79 Å². The number of fused-ring (bicyclic) bond motifs is 1. The molecular weight excluding hydrogens is 310 g/mol. The van der Waals surface area contributed by atoms with Gasteiger partial charge in [0.15, 0.2) is 0 Å². The molecule has 4 nitrogen and oxygen atoms in total. The van der Waals surface area contributed by atoms with Gasteiger partial charge in [-0.2, -0.15) is 0 Å². The highest BCUT2D eigenvalue weighted by molar-refractivity contribution is 5.98. The van der Waals surface area contributed by atoms with Gasteiger partial charge in [0.1, 0.15) is 0 Å². The fourth-order valence-electron chi connectivity index (χ4n) is 2.87. The van der Waals surface area contributed by atoms with Gasteiger partial charge in [0, 0.05) is 31.2 Å². The lowest BCUT2D eigenvalue weighted by atomic mass is 10.1. The van der Waals surface area contributed by atoms with E-state index in [1.54, 1.807) is 0 Å². The predicted molar refractivity (Wildman–Crippen MR) is 103 cm³/mol. The number of para-hydroxylation sites is 1. The van der Waals surface area contributed by atoms with Crippen molar-refractivity contribution in [2.75, 3.05) is 25.0 Å². The van der Waals surface area contributed by atoms with Gasteiger partial charge in [0.05, 0.1) is 16.8 Å². The summed E-state index contributed by atoms with van der Waals surface area (Å²) in [6, 6.07) is 18.2. The summed E-state index contributed by atoms with van der Waals surface area (Å²) in [6.45, 7) is 5.24. The van der Waals surface area contributed by atoms with Crippen LogP contribution in [0.5, 0.6) is 0 Å². The van der Waals surface area contributed by atoms with Crippen LogP contribution >= 0.6 is 0 Å². The van der Waals surface area contributed by atoms with Crippen LogP contribution in [-0.2, 0) is 0 Å². The number of nitrogens with one attached hydrogen (secondary N) is 1. The van der Waals surface area contributed by atoms with E-state index in [0.717, 1.165) is 34.4 Å². The first-order valence-corrected chi connectivity index (χ1v) is 8.47. The van der Waals surface area contributed by atoms with E-state index in [9.17, 15) is 4.79 Å². The molecule has 0 fully saturated rings. The Morgan fingerprint density at radius 3 is 2.60 bits per heavy atom. The molecular formula is C21H23N3O. The molecule has 0 aliphatic carbocycles. The number of nitrogens with zero attached hydrogens (tertiary/aromatic N) is 2. The fraction of sp³-hybridized carbons (Fsp3) is 0.238. The van der Waals surface area contributed by atoms with Crippen LogP contribution in [0, 0.1) is 13.8 Å². The van der Waals surface area contributed by atoms with Crippen LogP contribution in [0.25, 0.3) is 10.9 Å². The van der Waals surface area contributed by atoms with E-state index >= 15 is 0 Å². The van der Waals surface area contributed by atoms with Gasteiger partial charge in [-0.3, -0.25) is 9.78 Å². The van der Waals surface area contributed by atoms with E-state index in [1.807, 2.05) is 57.3 Å². The van der Waals surface area contributed by atoms with Crippen LogP contribution in [0.4, 0.5) is 5.69 Å². The first-order valence-electron chi connectivity index (χ1n) is 8.47. The van der Waals surface area contributed by atoms with Crippen molar-refractivity contribution in [3.8, 4) is 0 Å². The monoisotopic (exact) mass is 333 g/mol. The number of rotatable bonds is 5. The zero-order valence-corrected chi connectivity index (χ0v) is 14.9. The number of pyridine rings is 1. The Kier molecular flexibility index (Phi) is 4.98. The van der Waals surface area contributed by atoms with Crippen molar-refractivity contribution in [2.45, 2.75) is 13.8 Å². The molecule has 4 heteroatoms. The van der Waals surface area contributed by atoms with Crippen LogP contribution in [0.3, 0.4) is 0 Å². The maximum absolute atomic E-state index is 12.5. The Balaban J connectivity index is 1.67. The highest BCUT2D eigenvalue weighted by atomic mass is 16.1. The molecule has 1 heterocycles. The average Bonchev–Trinajstić information content (AvgIpc) is 2.62. The molecule has 25 heavy (non-hydrogen) atoms. The molecule has 1 N–H and O–H groups in total. The molecule has 0 radical (unpaired) electrons. The number of hydrogen-bond acceptors (Lipinski definition) is 3. The third-order valence-corrected chi connectivity index (χ3v) is 4.34. The minimum atomic E-state index is -0.0742. The minimum absolute atomic E-state index is 0.0742. The second-order valence-corrected chi connectivity index (χ2v) is 6.33. The number of carbonyl (C=O) groups is 1. The molecule has 0 saturated heterocycles. The summed E-state index contributed by atoms with van der Waals surface area (Å²) in [6.07, 6.45) is 0. The van der Waals surface area contributed by atoms with Gasteiger partial charge < -0.3 is 10.2 Å². The van der Waals surface area contributed by atoms with Crippen molar-refractivity contribution in [1.82, 2.24) is 10.3 Å². The van der Waals surface area contributed by atoms with Gasteiger partial charge in [0.25, 0.3) is 5.91 Å². The third kappa shape index (κ3) is 3.97. The summed E-state index contributed by atoms with van der Waals surface area (Å²) in [5, 5.41) is 4.00. The van der Waals surface area contributed by atoms with Crippen molar-refractivity contribution in [2.24, 2.45) is 0 Å². The lowest BCUT2D eigenvalue weighted by Crippen LogP contribution is -2.33. The lowest BCUT2D eigenvalue weighted by Gasteiger charge is -2.19. The molecule has 1 aromatic heterocycles. The van der Waals surface area contributed by atoms with E-state index < -0.39 is 0 Å². The quantitative estimate of drug-likeness (QED) is 0.774. The zero-order valence-electron chi connectivity index (χ0n) is 14.9. The number of benzene rings is 2. The van der Waals surface area contributed by atoms with Crippen LogP contribution < -0.4 is 10.2 Å². The van der Waals surface area contributed by atoms with E-state index in [-0.39, 0.29) is 5.91 Å². The Morgan fingerprint density at radius 1 is 1.08 bits per heavy atom. The van der Waals surface area contributed by atoms with E-state index in [4.69, 9.17) is 0 Å². The normalized spacial score (nSPS) is 10.7. The second kappa shape index (κ2) is 7.34. The Hall–Kier alpha value is -2.88.